The Morgan fingerprint density at radius 2 is 1.84 bits per heavy atom. The molecule has 1 saturated heterocycles. The lowest BCUT2D eigenvalue weighted by atomic mass is 9.78. The topological polar surface area (TPSA) is 67.9 Å². The molecule has 0 bridgehead atoms. The molecule has 0 saturated carbocycles. The van der Waals surface area contributed by atoms with Crippen molar-refractivity contribution in [2.75, 3.05) is 38.7 Å². The Labute approximate surface area is 184 Å². The third kappa shape index (κ3) is 5.25. The van der Waals surface area contributed by atoms with Gasteiger partial charge in [-0.05, 0) is 37.5 Å². The summed E-state index contributed by atoms with van der Waals surface area (Å²) in [6.45, 7) is 6.59. The molecule has 0 aliphatic carbocycles. The van der Waals surface area contributed by atoms with E-state index in [9.17, 15) is 9.59 Å². The van der Waals surface area contributed by atoms with Crippen LogP contribution in [0.2, 0.25) is 0 Å². The van der Waals surface area contributed by atoms with Crippen molar-refractivity contribution in [2.45, 2.75) is 32.2 Å². The van der Waals surface area contributed by atoms with Gasteiger partial charge in [0.2, 0.25) is 0 Å². The lowest BCUT2D eigenvalue weighted by molar-refractivity contribution is -0.150. The summed E-state index contributed by atoms with van der Waals surface area (Å²) in [5, 5.41) is 3.40. The summed E-state index contributed by atoms with van der Waals surface area (Å²) in [5.41, 5.74) is 1.42. The number of likely N-dealkylation sites (tertiary alicyclic amines) is 1. The number of carbonyl (C=O) groups is 2. The number of carbonyl (C=O) groups excluding carboxylic acids is 2. The molecule has 0 amide bonds. The molecule has 0 aromatic heterocycles. The van der Waals surface area contributed by atoms with Crippen LogP contribution in [0.1, 0.15) is 36.2 Å². The third-order valence-electron chi connectivity index (χ3n) is 6.09. The van der Waals surface area contributed by atoms with Crippen LogP contribution in [0.5, 0.6) is 0 Å². The summed E-state index contributed by atoms with van der Waals surface area (Å²) in [7, 11) is 1.41. The van der Waals surface area contributed by atoms with Gasteiger partial charge < -0.3 is 19.7 Å². The van der Waals surface area contributed by atoms with E-state index < -0.39 is 11.5 Å². The second-order valence-corrected chi connectivity index (χ2v) is 8.04. The number of para-hydroxylation sites is 1. The van der Waals surface area contributed by atoms with E-state index in [1.54, 1.807) is 19.1 Å². The minimum absolute atomic E-state index is 0.0141. The van der Waals surface area contributed by atoms with Crippen molar-refractivity contribution in [2.24, 2.45) is 5.92 Å². The fraction of sp³-hybridized carbons (Fsp3) is 0.440. The fourth-order valence-corrected chi connectivity index (χ4v) is 4.29. The van der Waals surface area contributed by atoms with E-state index in [-0.39, 0.29) is 11.9 Å². The summed E-state index contributed by atoms with van der Waals surface area (Å²) in [4.78, 5) is 27.8. The van der Waals surface area contributed by atoms with Gasteiger partial charge in [0.25, 0.3) is 0 Å². The predicted octanol–water partition coefficient (Wildman–Crippen LogP) is 3.77. The Kier molecular flexibility index (Phi) is 7.69. The maximum atomic E-state index is 13.0. The van der Waals surface area contributed by atoms with E-state index in [0.29, 0.717) is 24.3 Å². The zero-order valence-electron chi connectivity index (χ0n) is 18.6. The van der Waals surface area contributed by atoms with Gasteiger partial charge in [0.1, 0.15) is 5.54 Å². The van der Waals surface area contributed by atoms with Crippen molar-refractivity contribution < 1.29 is 19.1 Å². The van der Waals surface area contributed by atoms with Crippen molar-refractivity contribution >= 4 is 17.6 Å². The van der Waals surface area contributed by atoms with Gasteiger partial charge in [0.05, 0.1) is 19.3 Å². The van der Waals surface area contributed by atoms with Crippen molar-refractivity contribution in [1.82, 2.24) is 4.90 Å². The molecule has 6 heteroatoms. The summed E-state index contributed by atoms with van der Waals surface area (Å²) in [6.07, 6.45) is 1.56. The number of ether oxygens (including phenoxy) is 2. The normalized spacial score (nSPS) is 21.3. The lowest BCUT2D eigenvalue weighted by Crippen LogP contribution is -2.60. The van der Waals surface area contributed by atoms with E-state index in [1.807, 2.05) is 18.2 Å². The first-order valence-electron chi connectivity index (χ1n) is 10.9. The van der Waals surface area contributed by atoms with Crippen molar-refractivity contribution in [3.8, 4) is 0 Å². The SMILES string of the molecule is CCOC(=O)c1ccccc1NC1(C(=O)OC)CCN(CCc2ccccc2)CC1C. The lowest BCUT2D eigenvalue weighted by Gasteiger charge is -2.45. The predicted molar refractivity (Wildman–Crippen MR) is 121 cm³/mol. The minimum Gasteiger partial charge on any atom is -0.467 e. The van der Waals surface area contributed by atoms with E-state index in [1.165, 1.54) is 12.7 Å². The van der Waals surface area contributed by atoms with Gasteiger partial charge in [-0.1, -0.05) is 49.4 Å². The second kappa shape index (κ2) is 10.4. The number of nitrogens with zero attached hydrogens (tertiary/aromatic N) is 1. The van der Waals surface area contributed by atoms with Crippen molar-refractivity contribution in [3.63, 3.8) is 0 Å². The van der Waals surface area contributed by atoms with Gasteiger partial charge in [-0.15, -0.1) is 0 Å². The van der Waals surface area contributed by atoms with Crippen molar-refractivity contribution in [1.29, 1.82) is 0 Å². The average molecular weight is 425 g/mol. The number of nitrogens with one attached hydrogen (secondary N) is 1. The van der Waals surface area contributed by atoms with E-state index in [4.69, 9.17) is 9.47 Å². The van der Waals surface area contributed by atoms with Crippen LogP contribution in [0, 0.1) is 5.92 Å². The first-order chi connectivity index (χ1) is 15.0. The quantitative estimate of drug-likeness (QED) is 0.651. The number of hydrogen-bond acceptors (Lipinski definition) is 6. The number of anilines is 1. The number of esters is 2. The summed E-state index contributed by atoms with van der Waals surface area (Å²) in [6, 6.07) is 17.6. The Morgan fingerprint density at radius 3 is 2.52 bits per heavy atom. The Balaban J connectivity index is 1.77. The van der Waals surface area contributed by atoms with Crippen LogP contribution in [-0.4, -0.2) is 55.7 Å². The van der Waals surface area contributed by atoms with Gasteiger partial charge in [0.15, 0.2) is 0 Å². The molecular weight excluding hydrogens is 392 g/mol. The Bertz CT molecular complexity index is 886. The molecule has 1 aliphatic heterocycles. The summed E-state index contributed by atoms with van der Waals surface area (Å²) >= 11 is 0. The van der Waals surface area contributed by atoms with Crippen LogP contribution in [0.25, 0.3) is 0 Å². The zero-order valence-corrected chi connectivity index (χ0v) is 18.6. The molecule has 2 unspecified atom stereocenters. The number of rotatable bonds is 8. The van der Waals surface area contributed by atoms with Crippen LogP contribution in [0.4, 0.5) is 5.69 Å². The number of piperidine rings is 1. The van der Waals surface area contributed by atoms with E-state index >= 15 is 0 Å². The largest absolute Gasteiger partial charge is 0.467 e. The molecule has 1 aliphatic rings. The number of methoxy groups -OCH3 is 1. The molecule has 1 N–H and O–H groups in total. The second-order valence-electron chi connectivity index (χ2n) is 8.04. The van der Waals surface area contributed by atoms with Crippen LogP contribution in [0.15, 0.2) is 54.6 Å². The molecule has 2 aromatic rings. The molecule has 31 heavy (non-hydrogen) atoms. The monoisotopic (exact) mass is 424 g/mol. The maximum Gasteiger partial charge on any atom is 0.340 e. The molecular formula is C25H32N2O4. The van der Waals surface area contributed by atoms with Crippen LogP contribution >= 0.6 is 0 Å². The highest BCUT2D eigenvalue weighted by atomic mass is 16.5. The molecule has 2 atom stereocenters. The first-order valence-corrected chi connectivity index (χ1v) is 10.9. The van der Waals surface area contributed by atoms with Gasteiger partial charge in [-0.25, -0.2) is 9.59 Å². The molecule has 2 aromatic carbocycles. The highest BCUT2D eigenvalue weighted by Crippen LogP contribution is 2.34. The summed E-state index contributed by atoms with van der Waals surface area (Å²) < 4.78 is 10.4. The number of hydrogen-bond donors (Lipinski definition) is 1. The smallest absolute Gasteiger partial charge is 0.340 e. The van der Waals surface area contributed by atoms with Crippen molar-refractivity contribution in [3.05, 3.63) is 65.7 Å². The van der Waals surface area contributed by atoms with Crippen LogP contribution < -0.4 is 5.32 Å². The first kappa shape index (κ1) is 22.8. The minimum atomic E-state index is -0.902. The third-order valence-corrected chi connectivity index (χ3v) is 6.09. The van der Waals surface area contributed by atoms with Crippen LogP contribution in [-0.2, 0) is 20.7 Å². The van der Waals surface area contributed by atoms with Gasteiger partial charge in [-0.2, -0.15) is 0 Å². The standard InChI is InChI=1S/C25H32N2O4/c1-4-31-23(28)21-12-8-9-13-22(21)26-25(24(29)30-3)15-17-27(18-19(25)2)16-14-20-10-6-5-7-11-20/h5-13,19,26H,4,14-18H2,1-3H3. The molecule has 3 rings (SSSR count). The van der Waals surface area contributed by atoms with Gasteiger partial charge in [-0.3, -0.25) is 0 Å². The highest BCUT2D eigenvalue weighted by Gasteiger charge is 2.48. The molecule has 6 nitrogen and oxygen atoms in total. The molecule has 0 radical (unpaired) electrons. The Morgan fingerprint density at radius 1 is 1.13 bits per heavy atom. The molecule has 1 fully saturated rings. The van der Waals surface area contributed by atoms with Crippen LogP contribution in [0.3, 0.4) is 0 Å². The number of benzene rings is 2. The molecule has 166 valence electrons. The summed E-state index contributed by atoms with van der Waals surface area (Å²) in [5.74, 6) is -0.723. The fourth-order valence-electron chi connectivity index (χ4n) is 4.29. The van der Waals surface area contributed by atoms with E-state index in [0.717, 1.165) is 26.1 Å². The Hall–Kier alpha value is -2.86. The zero-order chi connectivity index (χ0) is 22.3. The molecule has 1 heterocycles. The highest BCUT2D eigenvalue weighted by molar-refractivity contribution is 5.97. The average Bonchev–Trinajstić information content (AvgIpc) is 2.80. The van der Waals surface area contributed by atoms with Gasteiger partial charge >= 0.3 is 11.9 Å². The maximum absolute atomic E-state index is 13.0. The van der Waals surface area contributed by atoms with Gasteiger partial charge in [0, 0.05) is 31.2 Å². The van der Waals surface area contributed by atoms with E-state index in [2.05, 4.69) is 41.4 Å². The molecule has 0 spiro atoms.